The molecule has 2 heterocycles. The van der Waals surface area contributed by atoms with Crippen LogP contribution in [-0.2, 0) is 19.6 Å². The van der Waals surface area contributed by atoms with E-state index < -0.39 is 0 Å². The molecule has 0 radical (unpaired) electrons. The third-order valence-corrected chi connectivity index (χ3v) is 3.53. The molecule has 0 saturated carbocycles. The Morgan fingerprint density at radius 1 is 1.62 bits per heavy atom. The highest BCUT2D eigenvalue weighted by atomic mass is 32.1. The molecule has 0 aromatic carbocycles. The van der Waals surface area contributed by atoms with Crippen molar-refractivity contribution in [1.82, 2.24) is 19.7 Å². The van der Waals surface area contributed by atoms with Crippen LogP contribution in [0.3, 0.4) is 0 Å². The number of rotatable bonds is 4. The van der Waals surface area contributed by atoms with E-state index in [-0.39, 0.29) is 6.61 Å². The van der Waals surface area contributed by atoms with Crippen LogP contribution in [0.4, 0.5) is 0 Å². The molecule has 16 heavy (non-hydrogen) atoms. The lowest BCUT2D eigenvalue weighted by Gasteiger charge is -2.02. The van der Waals surface area contributed by atoms with E-state index in [4.69, 9.17) is 17.3 Å². The van der Waals surface area contributed by atoms with Crippen molar-refractivity contribution in [3.05, 3.63) is 26.7 Å². The van der Waals surface area contributed by atoms with E-state index in [1.807, 2.05) is 12.3 Å². The van der Waals surface area contributed by atoms with E-state index in [1.54, 1.807) is 15.9 Å². The molecule has 0 aliphatic heterocycles. The molecule has 86 valence electrons. The zero-order valence-electron chi connectivity index (χ0n) is 8.80. The summed E-state index contributed by atoms with van der Waals surface area (Å²) < 4.78 is 2.34. The second kappa shape index (κ2) is 4.86. The molecule has 0 fully saturated rings. The van der Waals surface area contributed by atoms with Crippen molar-refractivity contribution in [2.75, 3.05) is 0 Å². The van der Waals surface area contributed by atoms with Gasteiger partial charge in [-0.3, -0.25) is 5.10 Å². The van der Waals surface area contributed by atoms with Gasteiger partial charge in [-0.25, -0.2) is 4.98 Å². The van der Waals surface area contributed by atoms with Crippen molar-refractivity contribution in [1.29, 1.82) is 0 Å². The fraction of sp³-hybridized carbons (Fsp3) is 0.444. The summed E-state index contributed by atoms with van der Waals surface area (Å²) in [5.74, 6) is 0.568. The fourth-order valence-corrected chi connectivity index (χ4v) is 2.43. The summed E-state index contributed by atoms with van der Waals surface area (Å²) in [4.78, 5) is 4.37. The molecule has 0 spiro atoms. The Kier molecular flexibility index (Phi) is 3.47. The van der Waals surface area contributed by atoms with Gasteiger partial charge in [0.15, 0.2) is 10.6 Å². The van der Waals surface area contributed by atoms with Gasteiger partial charge < -0.3 is 9.67 Å². The summed E-state index contributed by atoms with van der Waals surface area (Å²) in [5, 5.41) is 18.8. The lowest BCUT2D eigenvalue weighted by molar-refractivity contribution is 0.264. The number of thiazole rings is 1. The van der Waals surface area contributed by atoms with Crippen molar-refractivity contribution < 1.29 is 5.11 Å². The van der Waals surface area contributed by atoms with Gasteiger partial charge >= 0.3 is 0 Å². The van der Waals surface area contributed by atoms with Gasteiger partial charge in [0.05, 0.1) is 5.01 Å². The number of aryl methyl sites for hydroxylation is 2. The van der Waals surface area contributed by atoms with Crippen molar-refractivity contribution in [3.63, 3.8) is 0 Å². The van der Waals surface area contributed by atoms with Crippen LogP contribution in [-0.4, -0.2) is 24.9 Å². The molecule has 0 amide bonds. The van der Waals surface area contributed by atoms with Crippen LogP contribution in [0.1, 0.15) is 16.5 Å². The summed E-state index contributed by atoms with van der Waals surface area (Å²) in [7, 11) is 0. The molecule has 2 aromatic rings. The molecule has 2 aromatic heterocycles. The first-order valence-corrected chi connectivity index (χ1v) is 6.15. The first kappa shape index (κ1) is 11.4. The Hall–Kier alpha value is -1.05. The first-order chi connectivity index (χ1) is 7.70. The average molecular weight is 256 g/mol. The van der Waals surface area contributed by atoms with Gasteiger partial charge in [-0.2, -0.15) is 5.10 Å². The molecular formula is C9H12N4OS2. The Labute approximate surface area is 102 Å². The van der Waals surface area contributed by atoms with E-state index >= 15 is 0 Å². The number of aliphatic hydroxyl groups is 1. The molecule has 0 unspecified atom stereocenters. The maximum Gasteiger partial charge on any atom is 0.195 e. The van der Waals surface area contributed by atoms with Gasteiger partial charge in [0, 0.05) is 24.0 Å². The van der Waals surface area contributed by atoms with Crippen LogP contribution < -0.4 is 0 Å². The zero-order valence-corrected chi connectivity index (χ0v) is 10.4. The number of nitrogens with zero attached hydrogens (tertiary/aromatic N) is 3. The largest absolute Gasteiger partial charge is 0.388 e. The van der Waals surface area contributed by atoms with E-state index in [2.05, 4.69) is 15.2 Å². The molecule has 0 aliphatic carbocycles. The smallest absolute Gasteiger partial charge is 0.195 e. The highest BCUT2D eigenvalue weighted by Crippen LogP contribution is 2.10. The minimum atomic E-state index is -0.107. The molecule has 0 saturated heterocycles. The fourth-order valence-electron chi connectivity index (χ4n) is 1.43. The third kappa shape index (κ3) is 2.37. The molecule has 2 rings (SSSR count). The molecule has 0 bridgehead atoms. The first-order valence-electron chi connectivity index (χ1n) is 4.86. The quantitative estimate of drug-likeness (QED) is 0.812. The Bertz CT molecular complexity index is 528. The van der Waals surface area contributed by atoms with Gasteiger partial charge in [0.2, 0.25) is 0 Å². The predicted octanol–water partition coefficient (Wildman–Crippen LogP) is 1.44. The predicted molar refractivity (Wildman–Crippen MR) is 63.9 cm³/mol. The topological polar surface area (TPSA) is 66.7 Å². The maximum atomic E-state index is 9.07. The van der Waals surface area contributed by atoms with Crippen molar-refractivity contribution in [2.45, 2.75) is 26.5 Å². The van der Waals surface area contributed by atoms with Crippen LogP contribution in [0.25, 0.3) is 0 Å². The molecule has 5 nitrogen and oxygen atoms in total. The van der Waals surface area contributed by atoms with Gasteiger partial charge in [-0.1, -0.05) is 0 Å². The Morgan fingerprint density at radius 3 is 3.06 bits per heavy atom. The van der Waals surface area contributed by atoms with Crippen molar-refractivity contribution in [2.24, 2.45) is 0 Å². The third-order valence-electron chi connectivity index (χ3n) is 2.19. The van der Waals surface area contributed by atoms with Crippen molar-refractivity contribution >= 4 is 23.6 Å². The highest BCUT2D eigenvalue weighted by Gasteiger charge is 2.06. The maximum absolute atomic E-state index is 9.07. The number of nitrogens with one attached hydrogen (secondary N) is 1. The average Bonchev–Trinajstić information content (AvgIpc) is 2.82. The number of aliphatic hydroxyl groups excluding tert-OH is 1. The van der Waals surface area contributed by atoms with E-state index in [1.165, 1.54) is 0 Å². The van der Waals surface area contributed by atoms with Crippen LogP contribution in [0.15, 0.2) is 5.38 Å². The Balaban J connectivity index is 2.09. The molecule has 0 aliphatic rings. The standard InChI is InChI=1S/C9H12N4OS2/c1-6-5-16-8(10-6)2-3-13-7(4-14)11-12-9(13)15/h5,14H,2-4H2,1H3,(H,12,15). The number of hydrogen-bond acceptors (Lipinski definition) is 5. The normalized spacial score (nSPS) is 10.9. The van der Waals surface area contributed by atoms with E-state index in [0.717, 1.165) is 17.1 Å². The second-order valence-corrected chi connectivity index (χ2v) is 4.72. The molecule has 7 heteroatoms. The van der Waals surface area contributed by atoms with Crippen LogP contribution in [0.2, 0.25) is 0 Å². The number of hydrogen-bond donors (Lipinski definition) is 2. The van der Waals surface area contributed by atoms with Crippen molar-refractivity contribution in [3.8, 4) is 0 Å². The molecule has 0 atom stereocenters. The number of aromatic nitrogens is 4. The SMILES string of the molecule is Cc1csc(CCn2c(CO)n[nH]c2=S)n1. The van der Waals surface area contributed by atoms with Gasteiger partial charge in [0.1, 0.15) is 6.61 Å². The Morgan fingerprint density at radius 2 is 2.44 bits per heavy atom. The lowest BCUT2D eigenvalue weighted by Crippen LogP contribution is -2.06. The van der Waals surface area contributed by atoms with Crippen LogP contribution in [0, 0.1) is 11.7 Å². The molecule has 2 N–H and O–H groups in total. The highest BCUT2D eigenvalue weighted by molar-refractivity contribution is 7.71. The monoisotopic (exact) mass is 256 g/mol. The molecular weight excluding hydrogens is 244 g/mol. The van der Waals surface area contributed by atoms with Crippen LogP contribution in [0.5, 0.6) is 0 Å². The van der Waals surface area contributed by atoms with Crippen LogP contribution >= 0.6 is 23.6 Å². The summed E-state index contributed by atoms with van der Waals surface area (Å²) >= 11 is 6.72. The number of aromatic amines is 1. The summed E-state index contributed by atoms with van der Waals surface area (Å²) in [5.41, 5.74) is 1.04. The van der Waals surface area contributed by atoms with Gasteiger partial charge in [-0.05, 0) is 19.1 Å². The van der Waals surface area contributed by atoms with E-state index in [9.17, 15) is 0 Å². The minimum absolute atomic E-state index is 0.107. The summed E-state index contributed by atoms with van der Waals surface area (Å²) in [6, 6.07) is 0. The second-order valence-electron chi connectivity index (χ2n) is 3.39. The summed E-state index contributed by atoms with van der Waals surface area (Å²) in [6.07, 6.45) is 0.805. The minimum Gasteiger partial charge on any atom is -0.388 e. The van der Waals surface area contributed by atoms with E-state index in [0.29, 0.717) is 17.1 Å². The zero-order chi connectivity index (χ0) is 11.5. The number of H-pyrrole nitrogens is 1. The van der Waals surface area contributed by atoms with Gasteiger partial charge in [-0.15, -0.1) is 11.3 Å². The summed E-state index contributed by atoms with van der Waals surface area (Å²) in [6.45, 7) is 2.56. The lowest BCUT2D eigenvalue weighted by atomic mass is 10.4. The van der Waals surface area contributed by atoms with Gasteiger partial charge in [0.25, 0.3) is 0 Å².